The number of aliphatic hydroxyl groups is 1. The molecule has 1 fully saturated rings. The number of pyridine rings is 1. The summed E-state index contributed by atoms with van der Waals surface area (Å²) in [6.07, 6.45) is 5.25. The van der Waals surface area contributed by atoms with Crippen LogP contribution in [-0.2, 0) is 4.79 Å². The molecule has 0 spiro atoms. The van der Waals surface area contributed by atoms with E-state index in [-0.39, 0.29) is 11.8 Å². The molecule has 0 aliphatic carbocycles. The molecule has 0 saturated carbocycles. The second-order valence-electron chi connectivity index (χ2n) is 5.96. The molecule has 126 valence electrons. The topological polar surface area (TPSA) is 91.2 Å². The zero-order chi connectivity index (χ0) is 16.9. The molecule has 0 unspecified atom stereocenters. The SMILES string of the molecule is Cc1cccc(Nc2cncc([C@H]3CCCN(C(=O)CO)C3)n2)n1. The van der Waals surface area contributed by atoms with Gasteiger partial charge in [-0.15, -0.1) is 0 Å². The summed E-state index contributed by atoms with van der Waals surface area (Å²) in [5, 5.41) is 12.2. The van der Waals surface area contributed by atoms with Gasteiger partial charge in [0.15, 0.2) is 0 Å². The highest BCUT2D eigenvalue weighted by Gasteiger charge is 2.25. The number of hydrogen-bond donors (Lipinski definition) is 2. The summed E-state index contributed by atoms with van der Waals surface area (Å²) in [7, 11) is 0. The molecule has 1 amide bonds. The summed E-state index contributed by atoms with van der Waals surface area (Å²) in [6.45, 7) is 2.75. The Kier molecular flexibility index (Phi) is 5.00. The predicted octanol–water partition coefficient (Wildman–Crippen LogP) is 1.62. The molecule has 3 rings (SSSR count). The van der Waals surface area contributed by atoms with Crippen LogP contribution in [0.25, 0.3) is 0 Å². The van der Waals surface area contributed by atoms with Gasteiger partial charge in [0.1, 0.15) is 18.2 Å². The number of rotatable bonds is 4. The van der Waals surface area contributed by atoms with Crippen LogP contribution < -0.4 is 5.32 Å². The van der Waals surface area contributed by atoms with Crippen molar-refractivity contribution < 1.29 is 9.90 Å². The fourth-order valence-electron chi connectivity index (χ4n) is 2.93. The number of anilines is 2. The Morgan fingerprint density at radius 2 is 2.21 bits per heavy atom. The van der Waals surface area contributed by atoms with Gasteiger partial charge in [0.25, 0.3) is 0 Å². The molecule has 24 heavy (non-hydrogen) atoms. The summed E-state index contributed by atoms with van der Waals surface area (Å²) in [6, 6.07) is 5.74. The Hall–Kier alpha value is -2.54. The molecule has 1 atom stereocenters. The van der Waals surface area contributed by atoms with Crippen molar-refractivity contribution in [3.05, 3.63) is 42.0 Å². The van der Waals surface area contributed by atoms with Gasteiger partial charge in [-0.1, -0.05) is 6.07 Å². The number of aryl methyl sites for hydroxylation is 1. The Bertz CT molecular complexity index is 722. The van der Waals surface area contributed by atoms with E-state index in [4.69, 9.17) is 5.11 Å². The van der Waals surface area contributed by atoms with Gasteiger partial charge in [-0.05, 0) is 31.9 Å². The molecule has 3 heterocycles. The van der Waals surface area contributed by atoms with Crippen LogP contribution >= 0.6 is 0 Å². The van der Waals surface area contributed by atoms with Gasteiger partial charge in [-0.2, -0.15) is 0 Å². The van der Waals surface area contributed by atoms with Crippen molar-refractivity contribution in [3.63, 3.8) is 0 Å². The highest BCUT2D eigenvalue weighted by molar-refractivity contribution is 5.77. The van der Waals surface area contributed by atoms with Crippen LogP contribution in [0.4, 0.5) is 11.6 Å². The standard InChI is InChI=1S/C17H21N5O2/c1-12-4-2-6-15(19-12)21-16-9-18-8-14(20-16)13-5-3-7-22(10-13)17(24)11-23/h2,4,6,8-9,13,23H,3,5,7,10-11H2,1H3,(H,19,20,21)/t13-/m0/s1. The van der Waals surface area contributed by atoms with Crippen molar-refractivity contribution in [2.75, 3.05) is 25.0 Å². The third-order valence-corrected chi connectivity index (χ3v) is 4.13. The first kappa shape index (κ1) is 16.3. The predicted molar refractivity (Wildman–Crippen MR) is 89.9 cm³/mol. The number of amides is 1. The van der Waals surface area contributed by atoms with E-state index in [0.29, 0.717) is 18.9 Å². The number of carbonyl (C=O) groups is 1. The summed E-state index contributed by atoms with van der Waals surface area (Å²) in [5.74, 6) is 1.26. The van der Waals surface area contributed by atoms with Crippen LogP contribution in [0, 0.1) is 6.92 Å². The van der Waals surface area contributed by atoms with E-state index in [1.54, 1.807) is 17.3 Å². The number of piperidine rings is 1. The van der Waals surface area contributed by atoms with E-state index in [1.165, 1.54) is 0 Å². The molecular formula is C17H21N5O2. The molecule has 7 heteroatoms. The van der Waals surface area contributed by atoms with Gasteiger partial charge in [0.05, 0.1) is 11.9 Å². The Labute approximate surface area is 140 Å². The molecule has 2 aromatic rings. The van der Waals surface area contributed by atoms with Crippen LogP contribution in [0.1, 0.15) is 30.1 Å². The Morgan fingerprint density at radius 3 is 3.00 bits per heavy atom. The van der Waals surface area contributed by atoms with Crippen LogP contribution in [0.15, 0.2) is 30.6 Å². The largest absolute Gasteiger partial charge is 0.387 e. The van der Waals surface area contributed by atoms with Crippen LogP contribution in [-0.4, -0.2) is 50.6 Å². The van der Waals surface area contributed by atoms with Crippen molar-refractivity contribution in [1.82, 2.24) is 19.9 Å². The summed E-state index contributed by atoms with van der Waals surface area (Å²) in [5.41, 5.74) is 1.78. The maximum atomic E-state index is 11.7. The molecule has 0 bridgehead atoms. The zero-order valence-corrected chi connectivity index (χ0v) is 13.6. The minimum absolute atomic E-state index is 0.133. The maximum Gasteiger partial charge on any atom is 0.248 e. The van der Waals surface area contributed by atoms with E-state index in [9.17, 15) is 4.79 Å². The van der Waals surface area contributed by atoms with E-state index in [2.05, 4.69) is 20.3 Å². The number of hydrogen-bond acceptors (Lipinski definition) is 6. The van der Waals surface area contributed by atoms with Gasteiger partial charge in [0, 0.05) is 30.9 Å². The number of carbonyl (C=O) groups excluding carboxylic acids is 1. The molecule has 0 radical (unpaired) electrons. The van der Waals surface area contributed by atoms with Crippen molar-refractivity contribution in [2.45, 2.75) is 25.7 Å². The van der Waals surface area contributed by atoms with Crippen molar-refractivity contribution in [3.8, 4) is 0 Å². The van der Waals surface area contributed by atoms with Gasteiger partial charge < -0.3 is 15.3 Å². The monoisotopic (exact) mass is 327 g/mol. The number of nitrogens with one attached hydrogen (secondary N) is 1. The first-order valence-corrected chi connectivity index (χ1v) is 8.07. The van der Waals surface area contributed by atoms with E-state index in [1.807, 2.05) is 25.1 Å². The first-order chi connectivity index (χ1) is 11.7. The second kappa shape index (κ2) is 7.35. The first-order valence-electron chi connectivity index (χ1n) is 8.07. The molecule has 0 aromatic carbocycles. The Balaban J connectivity index is 1.74. The molecular weight excluding hydrogens is 306 g/mol. The fraction of sp³-hybridized carbons (Fsp3) is 0.412. The zero-order valence-electron chi connectivity index (χ0n) is 13.6. The number of likely N-dealkylation sites (tertiary alicyclic amines) is 1. The fourth-order valence-corrected chi connectivity index (χ4v) is 2.93. The van der Waals surface area contributed by atoms with Crippen LogP contribution in [0.3, 0.4) is 0 Å². The summed E-state index contributed by atoms with van der Waals surface area (Å²) in [4.78, 5) is 26.7. The van der Waals surface area contributed by atoms with Crippen molar-refractivity contribution in [1.29, 1.82) is 0 Å². The normalized spacial score (nSPS) is 17.6. The highest BCUT2D eigenvalue weighted by atomic mass is 16.3. The van der Waals surface area contributed by atoms with E-state index >= 15 is 0 Å². The van der Waals surface area contributed by atoms with E-state index in [0.717, 1.165) is 30.0 Å². The van der Waals surface area contributed by atoms with Crippen molar-refractivity contribution >= 4 is 17.5 Å². The Morgan fingerprint density at radius 1 is 1.33 bits per heavy atom. The van der Waals surface area contributed by atoms with Gasteiger partial charge in [-0.25, -0.2) is 9.97 Å². The van der Waals surface area contributed by atoms with E-state index < -0.39 is 6.61 Å². The van der Waals surface area contributed by atoms with Gasteiger partial charge in [-0.3, -0.25) is 9.78 Å². The average molecular weight is 327 g/mol. The lowest BCUT2D eigenvalue weighted by Crippen LogP contribution is -2.40. The molecule has 7 nitrogen and oxygen atoms in total. The smallest absolute Gasteiger partial charge is 0.248 e. The highest BCUT2D eigenvalue weighted by Crippen LogP contribution is 2.26. The molecule has 1 aliphatic heterocycles. The number of aliphatic hydroxyl groups excluding tert-OH is 1. The molecule has 1 aliphatic rings. The third kappa shape index (κ3) is 3.86. The minimum atomic E-state index is -0.445. The molecule has 1 saturated heterocycles. The summed E-state index contributed by atoms with van der Waals surface area (Å²) >= 11 is 0. The van der Waals surface area contributed by atoms with Gasteiger partial charge >= 0.3 is 0 Å². The molecule has 2 aromatic heterocycles. The number of nitrogens with zero attached hydrogens (tertiary/aromatic N) is 4. The average Bonchev–Trinajstić information content (AvgIpc) is 2.61. The second-order valence-corrected chi connectivity index (χ2v) is 5.96. The van der Waals surface area contributed by atoms with Crippen LogP contribution in [0.2, 0.25) is 0 Å². The van der Waals surface area contributed by atoms with Crippen LogP contribution in [0.5, 0.6) is 0 Å². The minimum Gasteiger partial charge on any atom is -0.387 e. The lowest BCUT2D eigenvalue weighted by molar-refractivity contribution is -0.135. The maximum absolute atomic E-state index is 11.7. The summed E-state index contributed by atoms with van der Waals surface area (Å²) < 4.78 is 0. The quantitative estimate of drug-likeness (QED) is 0.887. The molecule has 2 N–H and O–H groups in total. The number of aromatic nitrogens is 3. The van der Waals surface area contributed by atoms with Gasteiger partial charge in [0.2, 0.25) is 5.91 Å². The van der Waals surface area contributed by atoms with Crippen molar-refractivity contribution in [2.24, 2.45) is 0 Å². The lowest BCUT2D eigenvalue weighted by Gasteiger charge is -2.32. The third-order valence-electron chi connectivity index (χ3n) is 4.13. The lowest BCUT2D eigenvalue weighted by atomic mass is 9.95.